The highest BCUT2D eigenvalue weighted by Gasteiger charge is 2.33. The van der Waals surface area contributed by atoms with Crippen LogP contribution in [0, 0.1) is 12.7 Å². The van der Waals surface area contributed by atoms with Gasteiger partial charge in [0.1, 0.15) is 18.4 Å². The molecule has 0 saturated heterocycles. The second-order valence-electron chi connectivity index (χ2n) is 9.97. The smallest absolute Gasteiger partial charge is 0.264 e. The summed E-state index contributed by atoms with van der Waals surface area (Å²) >= 11 is 0. The number of amides is 2. The zero-order valence-electron chi connectivity index (χ0n) is 22.2. The Morgan fingerprint density at radius 1 is 0.949 bits per heavy atom. The maximum atomic E-state index is 13.9. The SMILES string of the molecule is Cc1ccc(CN(C(=O)CN(c2ccc(F)cc2)S(=O)(=O)c2ccccc2)[C@@H](C)C(=O)NC2CCCC2)cc1. The van der Waals surface area contributed by atoms with Crippen LogP contribution in [0.2, 0.25) is 0 Å². The Morgan fingerprint density at radius 3 is 2.18 bits per heavy atom. The maximum Gasteiger partial charge on any atom is 0.264 e. The number of sulfonamides is 1. The molecule has 0 bridgehead atoms. The number of anilines is 1. The molecule has 9 heteroatoms. The van der Waals surface area contributed by atoms with Crippen molar-refractivity contribution in [1.82, 2.24) is 10.2 Å². The molecular formula is C30H34FN3O4S. The van der Waals surface area contributed by atoms with Crippen LogP contribution in [0.3, 0.4) is 0 Å². The zero-order chi connectivity index (χ0) is 28.0. The first-order valence-electron chi connectivity index (χ1n) is 13.1. The molecule has 1 N–H and O–H groups in total. The van der Waals surface area contributed by atoms with E-state index >= 15 is 0 Å². The summed E-state index contributed by atoms with van der Waals surface area (Å²) in [5, 5.41) is 3.05. The average Bonchev–Trinajstić information content (AvgIpc) is 3.45. The van der Waals surface area contributed by atoms with Crippen molar-refractivity contribution < 1.29 is 22.4 Å². The van der Waals surface area contributed by atoms with E-state index in [4.69, 9.17) is 0 Å². The van der Waals surface area contributed by atoms with Crippen LogP contribution in [0.4, 0.5) is 10.1 Å². The lowest BCUT2D eigenvalue weighted by molar-refractivity contribution is -0.139. The normalized spacial score (nSPS) is 14.5. The van der Waals surface area contributed by atoms with Gasteiger partial charge in [0.05, 0.1) is 10.6 Å². The van der Waals surface area contributed by atoms with Gasteiger partial charge in [0.2, 0.25) is 11.8 Å². The standard InChI is InChI=1S/C30H34FN3O4S/c1-22-12-14-24(15-13-22)20-33(23(2)30(36)32-26-8-6-7-9-26)29(35)21-34(27-18-16-25(31)17-19-27)39(37,38)28-10-4-3-5-11-28/h3-5,10-19,23,26H,6-9,20-21H2,1-2H3,(H,32,36)/t23-/m0/s1. The molecule has 4 rings (SSSR count). The molecule has 7 nitrogen and oxygen atoms in total. The molecule has 206 valence electrons. The molecule has 1 atom stereocenters. The van der Waals surface area contributed by atoms with Crippen LogP contribution < -0.4 is 9.62 Å². The van der Waals surface area contributed by atoms with E-state index < -0.39 is 34.3 Å². The first-order valence-corrected chi connectivity index (χ1v) is 14.6. The summed E-state index contributed by atoms with van der Waals surface area (Å²) in [7, 11) is -4.18. The van der Waals surface area contributed by atoms with Crippen LogP contribution in [0.25, 0.3) is 0 Å². The summed E-state index contributed by atoms with van der Waals surface area (Å²) in [4.78, 5) is 28.5. The second kappa shape index (κ2) is 12.4. The van der Waals surface area contributed by atoms with Gasteiger partial charge in [0, 0.05) is 12.6 Å². The van der Waals surface area contributed by atoms with Crippen LogP contribution in [0.5, 0.6) is 0 Å². The molecule has 1 fully saturated rings. The van der Waals surface area contributed by atoms with Crippen molar-refractivity contribution in [2.75, 3.05) is 10.8 Å². The molecule has 1 aliphatic carbocycles. The molecular weight excluding hydrogens is 517 g/mol. The van der Waals surface area contributed by atoms with E-state index in [1.54, 1.807) is 25.1 Å². The number of carbonyl (C=O) groups is 2. The van der Waals surface area contributed by atoms with E-state index in [-0.39, 0.29) is 29.1 Å². The number of aryl methyl sites for hydroxylation is 1. The molecule has 0 aliphatic heterocycles. The summed E-state index contributed by atoms with van der Waals surface area (Å²) in [5.41, 5.74) is 2.01. The van der Waals surface area contributed by atoms with Crippen molar-refractivity contribution in [3.05, 3.63) is 95.8 Å². The molecule has 3 aromatic carbocycles. The number of nitrogens with zero attached hydrogens (tertiary/aromatic N) is 2. The summed E-state index contributed by atoms with van der Waals surface area (Å²) in [6.45, 7) is 3.18. The Balaban J connectivity index is 1.66. The van der Waals surface area contributed by atoms with Gasteiger partial charge in [-0.15, -0.1) is 0 Å². The average molecular weight is 552 g/mol. The summed E-state index contributed by atoms with van der Waals surface area (Å²) < 4.78 is 42.0. The van der Waals surface area contributed by atoms with Gasteiger partial charge in [-0.05, 0) is 68.7 Å². The van der Waals surface area contributed by atoms with Gasteiger partial charge in [-0.3, -0.25) is 13.9 Å². The second-order valence-corrected chi connectivity index (χ2v) is 11.8. The quantitative estimate of drug-likeness (QED) is 0.392. The zero-order valence-corrected chi connectivity index (χ0v) is 23.0. The van der Waals surface area contributed by atoms with Crippen LogP contribution >= 0.6 is 0 Å². The van der Waals surface area contributed by atoms with Crippen molar-refractivity contribution in [2.24, 2.45) is 0 Å². The first-order chi connectivity index (χ1) is 18.6. The summed E-state index contributed by atoms with van der Waals surface area (Å²) in [5.74, 6) is -1.35. The van der Waals surface area contributed by atoms with Crippen molar-refractivity contribution in [2.45, 2.75) is 63.1 Å². The fourth-order valence-electron chi connectivity index (χ4n) is 4.72. The topological polar surface area (TPSA) is 86.8 Å². The summed E-state index contributed by atoms with van der Waals surface area (Å²) in [6, 6.07) is 19.6. The van der Waals surface area contributed by atoms with Crippen LogP contribution in [-0.2, 0) is 26.2 Å². The van der Waals surface area contributed by atoms with E-state index in [9.17, 15) is 22.4 Å². The Bertz CT molecular complexity index is 1370. The molecule has 39 heavy (non-hydrogen) atoms. The largest absolute Gasteiger partial charge is 0.352 e. The predicted octanol–water partition coefficient (Wildman–Crippen LogP) is 4.81. The van der Waals surface area contributed by atoms with Crippen molar-refractivity contribution in [3.8, 4) is 0 Å². The number of halogens is 1. The Kier molecular flexibility index (Phi) is 9.01. The number of nitrogens with one attached hydrogen (secondary N) is 1. The fraction of sp³-hybridized carbons (Fsp3) is 0.333. The molecule has 0 aromatic heterocycles. The van der Waals surface area contributed by atoms with E-state index in [1.165, 1.54) is 29.2 Å². The third kappa shape index (κ3) is 7.03. The lowest BCUT2D eigenvalue weighted by Gasteiger charge is -2.32. The van der Waals surface area contributed by atoms with Crippen LogP contribution in [-0.4, -0.2) is 43.8 Å². The van der Waals surface area contributed by atoms with Gasteiger partial charge in [0.25, 0.3) is 10.0 Å². The third-order valence-corrected chi connectivity index (χ3v) is 8.86. The van der Waals surface area contributed by atoms with E-state index in [1.807, 2.05) is 31.2 Å². The van der Waals surface area contributed by atoms with Gasteiger partial charge in [0.15, 0.2) is 0 Å². The number of benzene rings is 3. The number of hydrogen-bond donors (Lipinski definition) is 1. The molecule has 2 amide bonds. The Hall–Kier alpha value is -3.72. The molecule has 3 aromatic rings. The number of hydrogen-bond acceptors (Lipinski definition) is 4. The number of carbonyl (C=O) groups excluding carboxylic acids is 2. The highest BCUT2D eigenvalue weighted by atomic mass is 32.2. The molecule has 0 heterocycles. The Morgan fingerprint density at radius 2 is 1.56 bits per heavy atom. The molecule has 0 unspecified atom stereocenters. The predicted molar refractivity (Wildman–Crippen MR) is 149 cm³/mol. The minimum absolute atomic E-state index is 0.000709. The van der Waals surface area contributed by atoms with Gasteiger partial charge in [-0.2, -0.15) is 0 Å². The minimum Gasteiger partial charge on any atom is -0.352 e. The molecule has 0 spiro atoms. The van der Waals surface area contributed by atoms with Crippen molar-refractivity contribution >= 4 is 27.5 Å². The maximum absolute atomic E-state index is 13.9. The van der Waals surface area contributed by atoms with Crippen LogP contribution in [0.15, 0.2) is 83.8 Å². The van der Waals surface area contributed by atoms with Gasteiger partial charge in [-0.25, -0.2) is 12.8 Å². The third-order valence-electron chi connectivity index (χ3n) is 7.07. The van der Waals surface area contributed by atoms with Gasteiger partial charge < -0.3 is 10.2 Å². The van der Waals surface area contributed by atoms with Gasteiger partial charge in [-0.1, -0.05) is 60.9 Å². The van der Waals surface area contributed by atoms with Crippen molar-refractivity contribution in [1.29, 1.82) is 0 Å². The Labute approximate surface area is 229 Å². The lowest BCUT2D eigenvalue weighted by atomic mass is 10.1. The first kappa shape index (κ1) is 28.3. The fourth-order valence-corrected chi connectivity index (χ4v) is 6.16. The monoisotopic (exact) mass is 551 g/mol. The van der Waals surface area contributed by atoms with Gasteiger partial charge >= 0.3 is 0 Å². The highest BCUT2D eigenvalue weighted by Crippen LogP contribution is 2.25. The lowest BCUT2D eigenvalue weighted by Crippen LogP contribution is -2.52. The molecule has 1 saturated carbocycles. The summed E-state index contributed by atoms with van der Waals surface area (Å²) in [6.07, 6.45) is 3.90. The molecule has 1 aliphatic rings. The molecule has 0 radical (unpaired) electrons. The van der Waals surface area contributed by atoms with Crippen LogP contribution in [0.1, 0.15) is 43.7 Å². The van der Waals surface area contributed by atoms with E-state index in [0.29, 0.717) is 0 Å². The van der Waals surface area contributed by atoms with E-state index in [2.05, 4.69) is 5.32 Å². The highest BCUT2D eigenvalue weighted by molar-refractivity contribution is 7.92. The number of rotatable bonds is 10. The van der Waals surface area contributed by atoms with Crippen molar-refractivity contribution in [3.63, 3.8) is 0 Å². The minimum atomic E-state index is -4.18. The van der Waals surface area contributed by atoms with E-state index in [0.717, 1.165) is 53.2 Å².